The van der Waals surface area contributed by atoms with Gasteiger partial charge in [-0.25, -0.2) is 0 Å². The van der Waals surface area contributed by atoms with Gasteiger partial charge in [0.1, 0.15) is 5.75 Å². The van der Waals surface area contributed by atoms with Crippen LogP contribution in [0.15, 0.2) is 24.3 Å². The molecule has 0 spiro atoms. The molecule has 158 valence electrons. The fourth-order valence-corrected chi connectivity index (χ4v) is 5.41. The van der Waals surface area contributed by atoms with Crippen LogP contribution in [-0.2, 0) is 0 Å². The zero-order valence-corrected chi connectivity index (χ0v) is 17.1. The number of ether oxygens (including phenoxy) is 1. The summed E-state index contributed by atoms with van der Waals surface area (Å²) in [6.45, 7) is 2.30. The summed E-state index contributed by atoms with van der Waals surface area (Å²) in [4.78, 5) is 0. The van der Waals surface area contributed by atoms with Crippen molar-refractivity contribution in [3.05, 3.63) is 29.8 Å². The highest BCUT2D eigenvalue weighted by molar-refractivity contribution is 5.29. The summed E-state index contributed by atoms with van der Waals surface area (Å²) in [6, 6.07) is 6.51. The summed E-state index contributed by atoms with van der Waals surface area (Å²) < 4.78 is 40.8. The van der Waals surface area contributed by atoms with Crippen molar-refractivity contribution in [2.24, 2.45) is 17.8 Å². The van der Waals surface area contributed by atoms with E-state index in [1.165, 1.54) is 76.3 Å². The van der Waals surface area contributed by atoms with Gasteiger partial charge in [0.15, 0.2) is 0 Å². The van der Waals surface area contributed by atoms with E-state index in [1.54, 1.807) is 12.1 Å². The van der Waals surface area contributed by atoms with Gasteiger partial charge < -0.3 is 4.74 Å². The molecule has 0 amide bonds. The Labute approximate surface area is 168 Å². The molecule has 0 bridgehead atoms. The standard InChI is InChI=1S/C24H35F3O/c1-2-3-18-4-6-19(7-5-18)8-9-20-10-12-21(13-11-20)22-14-16-23(17-15-22)28-24(25,26)27/h14-21H,2-13H2,1H3. The Morgan fingerprint density at radius 3 is 1.68 bits per heavy atom. The first-order chi connectivity index (χ1) is 13.4. The number of benzene rings is 1. The number of hydrogen-bond donors (Lipinski definition) is 0. The fraction of sp³-hybridized carbons (Fsp3) is 0.750. The van der Waals surface area contributed by atoms with Crippen LogP contribution in [-0.4, -0.2) is 6.36 Å². The Balaban J connectivity index is 1.36. The molecule has 2 aliphatic carbocycles. The highest BCUT2D eigenvalue weighted by Gasteiger charge is 2.31. The number of rotatable bonds is 7. The third-order valence-electron chi connectivity index (χ3n) is 7.08. The topological polar surface area (TPSA) is 9.23 Å². The molecule has 0 aromatic heterocycles. The molecule has 2 aliphatic rings. The van der Waals surface area contributed by atoms with Crippen molar-refractivity contribution in [1.29, 1.82) is 0 Å². The molecule has 0 heterocycles. The van der Waals surface area contributed by atoms with Crippen LogP contribution in [0, 0.1) is 17.8 Å². The van der Waals surface area contributed by atoms with Gasteiger partial charge >= 0.3 is 6.36 Å². The second kappa shape index (κ2) is 10.0. The second-order valence-corrected chi connectivity index (χ2v) is 9.09. The Morgan fingerprint density at radius 1 is 0.750 bits per heavy atom. The van der Waals surface area contributed by atoms with Gasteiger partial charge in [-0.3, -0.25) is 0 Å². The van der Waals surface area contributed by atoms with Crippen LogP contribution in [0.4, 0.5) is 13.2 Å². The SMILES string of the molecule is CCCC1CCC(CCC2CCC(c3ccc(OC(F)(F)F)cc3)CC2)CC1. The lowest BCUT2D eigenvalue weighted by molar-refractivity contribution is -0.274. The molecule has 1 aromatic rings. The first-order valence-electron chi connectivity index (χ1n) is 11.3. The number of hydrogen-bond acceptors (Lipinski definition) is 1. The number of halogens is 3. The second-order valence-electron chi connectivity index (χ2n) is 9.09. The quantitative estimate of drug-likeness (QED) is 0.451. The summed E-state index contributed by atoms with van der Waals surface area (Å²) in [5.74, 6) is 3.15. The third kappa shape index (κ3) is 6.70. The Hall–Kier alpha value is -1.19. The van der Waals surface area contributed by atoms with Crippen molar-refractivity contribution in [3.63, 3.8) is 0 Å². The average Bonchev–Trinajstić information content (AvgIpc) is 2.68. The normalized spacial score (nSPS) is 28.9. The van der Waals surface area contributed by atoms with Crippen molar-refractivity contribution >= 4 is 0 Å². The lowest BCUT2D eigenvalue weighted by Gasteiger charge is -2.32. The molecule has 0 radical (unpaired) electrons. The third-order valence-corrected chi connectivity index (χ3v) is 7.08. The summed E-state index contributed by atoms with van der Waals surface area (Å²) in [6.07, 6.45) is 11.5. The summed E-state index contributed by atoms with van der Waals surface area (Å²) >= 11 is 0. The summed E-state index contributed by atoms with van der Waals surface area (Å²) in [7, 11) is 0. The van der Waals surface area contributed by atoms with E-state index in [1.807, 2.05) is 0 Å². The average molecular weight is 397 g/mol. The van der Waals surface area contributed by atoms with Crippen molar-refractivity contribution in [2.45, 2.75) is 96.3 Å². The zero-order valence-electron chi connectivity index (χ0n) is 17.1. The highest BCUT2D eigenvalue weighted by Crippen LogP contribution is 2.40. The molecule has 0 N–H and O–H groups in total. The molecule has 4 heteroatoms. The molecule has 28 heavy (non-hydrogen) atoms. The van der Waals surface area contributed by atoms with Gasteiger partial charge in [-0.15, -0.1) is 13.2 Å². The van der Waals surface area contributed by atoms with Crippen LogP contribution in [0.1, 0.15) is 95.5 Å². The zero-order chi connectivity index (χ0) is 20.0. The van der Waals surface area contributed by atoms with Crippen LogP contribution in [0.25, 0.3) is 0 Å². The Morgan fingerprint density at radius 2 is 1.21 bits per heavy atom. The van der Waals surface area contributed by atoms with Crippen LogP contribution in [0.2, 0.25) is 0 Å². The molecule has 1 nitrogen and oxygen atoms in total. The Bertz CT molecular complexity index is 565. The van der Waals surface area contributed by atoms with Gasteiger partial charge in [0, 0.05) is 0 Å². The molecule has 3 rings (SSSR count). The molecular formula is C24H35F3O. The number of alkyl halides is 3. The maximum Gasteiger partial charge on any atom is 0.573 e. The van der Waals surface area contributed by atoms with E-state index in [-0.39, 0.29) is 5.75 Å². The summed E-state index contributed by atoms with van der Waals surface area (Å²) in [5.41, 5.74) is 1.15. The molecule has 0 unspecified atom stereocenters. The largest absolute Gasteiger partial charge is 0.573 e. The first-order valence-corrected chi connectivity index (χ1v) is 11.3. The minimum absolute atomic E-state index is 0.126. The van der Waals surface area contributed by atoms with Crippen molar-refractivity contribution in [2.75, 3.05) is 0 Å². The van der Waals surface area contributed by atoms with Gasteiger partial charge in [0.2, 0.25) is 0 Å². The van der Waals surface area contributed by atoms with E-state index < -0.39 is 6.36 Å². The van der Waals surface area contributed by atoms with E-state index in [4.69, 9.17) is 0 Å². The first kappa shape index (κ1) is 21.5. The van der Waals surface area contributed by atoms with Crippen molar-refractivity contribution < 1.29 is 17.9 Å². The van der Waals surface area contributed by atoms with Crippen molar-refractivity contribution in [1.82, 2.24) is 0 Å². The smallest absolute Gasteiger partial charge is 0.406 e. The van der Waals surface area contributed by atoms with Crippen molar-refractivity contribution in [3.8, 4) is 5.75 Å². The highest BCUT2D eigenvalue weighted by atomic mass is 19.4. The van der Waals surface area contributed by atoms with E-state index in [2.05, 4.69) is 11.7 Å². The van der Waals surface area contributed by atoms with Gasteiger partial charge in [-0.2, -0.15) is 0 Å². The van der Waals surface area contributed by atoms with E-state index in [9.17, 15) is 13.2 Å². The molecule has 0 aliphatic heterocycles. The fourth-order valence-electron chi connectivity index (χ4n) is 5.41. The lowest BCUT2D eigenvalue weighted by atomic mass is 9.74. The van der Waals surface area contributed by atoms with Crippen LogP contribution >= 0.6 is 0 Å². The molecule has 0 saturated heterocycles. The predicted octanol–water partition coefficient (Wildman–Crippen LogP) is 8.25. The molecule has 2 fully saturated rings. The Kier molecular flexibility index (Phi) is 7.70. The molecule has 0 atom stereocenters. The van der Waals surface area contributed by atoms with E-state index in [0.717, 1.165) is 36.2 Å². The summed E-state index contributed by atoms with van der Waals surface area (Å²) in [5, 5.41) is 0. The maximum absolute atomic E-state index is 12.3. The maximum atomic E-state index is 12.3. The van der Waals surface area contributed by atoms with Gasteiger partial charge in [-0.05, 0) is 67.1 Å². The van der Waals surface area contributed by atoms with Crippen LogP contribution < -0.4 is 4.74 Å². The van der Waals surface area contributed by atoms with Crippen LogP contribution in [0.5, 0.6) is 5.75 Å². The monoisotopic (exact) mass is 396 g/mol. The lowest BCUT2D eigenvalue weighted by Crippen LogP contribution is -2.18. The van der Waals surface area contributed by atoms with E-state index in [0.29, 0.717) is 5.92 Å². The van der Waals surface area contributed by atoms with Gasteiger partial charge in [0.05, 0.1) is 0 Å². The minimum Gasteiger partial charge on any atom is -0.406 e. The van der Waals surface area contributed by atoms with Crippen LogP contribution in [0.3, 0.4) is 0 Å². The van der Waals surface area contributed by atoms with Gasteiger partial charge in [-0.1, -0.05) is 70.4 Å². The minimum atomic E-state index is -4.62. The molecule has 1 aromatic carbocycles. The molecular weight excluding hydrogens is 361 g/mol. The predicted molar refractivity (Wildman–Crippen MR) is 107 cm³/mol. The van der Waals surface area contributed by atoms with Gasteiger partial charge in [0.25, 0.3) is 0 Å². The molecule has 2 saturated carbocycles. The van der Waals surface area contributed by atoms with E-state index >= 15 is 0 Å².